The smallest absolute Gasteiger partial charge is 0.330 e. The molecule has 1 atom stereocenters. The number of aryl methyl sites for hydroxylation is 1. The predicted octanol–water partition coefficient (Wildman–Crippen LogP) is 2.41. The maximum atomic E-state index is 11.9. The van der Waals surface area contributed by atoms with Gasteiger partial charge in [-0.2, -0.15) is 0 Å². The number of amides is 1. The topological polar surface area (TPSA) is 79.3 Å². The van der Waals surface area contributed by atoms with Crippen molar-refractivity contribution in [1.29, 1.82) is 0 Å². The van der Waals surface area contributed by atoms with Crippen LogP contribution in [0.25, 0.3) is 0 Å². The predicted molar refractivity (Wildman–Crippen MR) is 80.0 cm³/mol. The highest BCUT2D eigenvalue weighted by atomic mass is 32.1. The van der Waals surface area contributed by atoms with Crippen LogP contribution in [0.4, 0.5) is 0 Å². The van der Waals surface area contributed by atoms with Crippen molar-refractivity contribution in [1.82, 2.24) is 10.3 Å². The van der Waals surface area contributed by atoms with Gasteiger partial charge in [0.2, 0.25) is 5.91 Å². The molecule has 6 heteroatoms. The Balaban J connectivity index is 1.85. The molecule has 0 radical (unpaired) electrons. The van der Waals surface area contributed by atoms with E-state index in [-0.39, 0.29) is 12.3 Å². The Kier molecular flexibility index (Phi) is 5.45. The lowest BCUT2D eigenvalue weighted by molar-refractivity contribution is -0.142. The molecule has 1 heterocycles. The van der Waals surface area contributed by atoms with Gasteiger partial charge in [0.15, 0.2) is 6.04 Å². The van der Waals surface area contributed by atoms with Gasteiger partial charge in [0.1, 0.15) is 0 Å². The van der Waals surface area contributed by atoms with E-state index in [1.54, 1.807) is 47.9 Å². The summed E-state index contributed by atoms with van der Waals surface area (Å²) in [7, 11) is 0. The largest absolute Gasteiger partial charge is 0.479 e. The van der Waals surface area contributed by atoms with Crippen LogP contribution in [0.1, 0.15) is 29.5 Å². The first-order valence-corrected chi connectivity index (χ1v) is 7.50. The van der Waals surface area contributed by atoms with Crippen LogP contribution < -0.4 is 5.32 Å². The third kappa shape index (κ3) is 4.68. The molecule has 0 aliphatic carbocycles. The Morgan fingerprint density at radius 2 is 2.05 bits per heavy atom. The van der Waals surface area contributed by atoms with Crippen molar-refractivity contribution < 1.29 is 14.7 Å². The molecule has 0 aliphatic heterocycles. The molecular weight excluding hydrogens is 288 g/mol. The number of nitrogens with zero attached hydrogens (tertiary/aromatic N) is 1. The van der Waals surface area contributed by atoms with Gasteiger partial charge in [-0.05, 0) is 18.4 Å². The lowest BCUT2D eigenvalue weighted by Crippen LogP contribution is -2.33. The quantitative estimate of drug-likeness (QED) is 0.823. The minimum Gasteiger partial charge on any atom is -0.479 e. The maximum Gasteiger partial charge on any atom is 0.330 e. The van der Waals surface area contributed by atoms with E-state index in [1.807, 2.05) is 5.38 Å². The first-order chi connectivity index (χ1) is 10.2. The molecule has 0 saturated heterocycles. The van der Waals surface area contributed by atoms with Crippen LogP contribution in [-0.4, -0.2) is 22.0 Å². The second-order valence-corrected chi connectivity index (χ2v) is 5.51. The van der Waals surface area contributed by atoms with Gasteiger partial charge >= 0.3 is 5.97 Å². The number of benzene rings is 1. The minimum atomic E-state index is -1.06. The van der Waals surface area contributed by atoms with Crippen molar-refractivity contribution in [3.8, 4) is 0 Å². The monoisotopic (exact) mass is 304 g/mol. The van der Waals surface area contributed by atoms with E-state index in [1.165, 1.54) is 0 Å². The molecule has 0 aliphatic rings. The molecule has 0 saturated carbocycles. The number of carboxylic acids is 1. The Morgan fingerprint density at radius 3 is 2.67 bits per heavy atom. The summed E-state index contributed by atoms with van der Waals surface area (Å²) in [4.78, 5) is 27.3. The van der Waals surface area contributed by atoms with E-state index < -0.39 is 12.0 Å². The minimum absolute atomic E-state index is 0.261. The molecule has 110 valence electrons. The Labute approximate surface area is 126 Å². The van der Waals surface area contributed by atoms with Crippen LogP contribution >= 0.6 is 11.3 Å². The molecule has 2 N–H and O–H groups in total. The molecule has 5 nitrogen and oxygen atoms in total. The highest BCUT2D eigenvalue weighted by molar-refractivity contribution is 7.09. The summed E-state index contributed by atoms with van der Waals surface area (Å²) in [6.07, 6.45) is 3.40. The molecule has 0 unspecified atom stereocenters. The zero-order valence-corrected chi connectivity index (χ0v) is 12.2. The van der Waals surface area contributed by atoms with Gasteiger partial charge in [0.25, 0.3) is 0 Å². The SMILES string of the molecule is O=C(CCCc1nccs1)N[C@H](C(=O)O)c1ccccc1. The number of carbonyl (C=O) groups excluding carboxylic acids is 1. The molecule has 0 bridgehead atoms. The van der Waals surface area contributed by atoms with Crippen molar-refractivity contribution in [3.05, 3.63) is 52.5 Å². The Hall–Kier alpha value is -2.21. The summed E-state index contributed by atoms with van der Waals surface area (Å²) >= 11 is 1.55. The van der Waals surface area contributed by atoms with E-state index >= 15 is 0 Å². The van der Waals surface area contributed by atoms with Gasteiger partial charge in [-0.3, -0.25) is 4.79 Å². The summed E-state index contributed by atoms with van der Waals surface area (Å²) < 4.78 is 0. The summed E-state index contributed by atoms with van der Waals surface area (Å²) in [5.74, 6) is -1.32. The second-order valence-electron chi connectivity index (χ2n) is 4.53. The van der Waals surface area contributed by atoms with Crippen LogP contribution in [0.15, 0.2) is 41.9 Å². The molecule has 1 amide bonds. The molecule has 21 heavy (non-hydrogen) atoms. The van der Waals surface area contributed by atoms with Gasteiger partial charge in [0, 0.05) is 18.0 Å². The van der Waals surface area contributed by atoms with Crippen LogP contribution in [0, 0.1) is 0 Å². The van der Waals surface area contributed by atoms with Crippen molar-refractivity contribution in [2.45, 2.75) is 25.3 Å². The van der Waals surface area contributed by atoms with Gasteiger partial charge in [-0.25, -0.2) is 9.78 Å². The fourth-order valence-electron chi connectivity index (χ4n) is 1.94. The molecule has 0 fully saturated rings. The summed E-state index contributed by atoms with van der Waals surface area (Å²) in [5.41, 5.74) is 0.568. The lowest BCUT2D eigenvalue weighted by Gasteiger charge is -2.14. The highest BCUT2D eigenvalue weighted by Crippen LogP contribution is 2.14. The number of aliphatic carboxylic acids is 1. The number of carbonyl (C=O) groups is 2. The zero-order chi connectivity index (χ0) is 15.1. The number of rotatable bonds is 7. The van der Waals surface area contributed by atoms with E-state index in [0.29, 0.717) is 12.0 Å². The third-order valence-corrected chi connectivity index (χ3v) is 3.80. The molecule has 2 rings (SSSR count). The molecule has 1 aromatic carbocycles. The second kappa shape index (κ2) is 7.54. The number of nitrogens with one attached hydrogen (secondary N) is 1. The van der Waals surface area contributed by atoms with E-state index in [0.717, 1.165) is 11.4 Å². The average molecular weight is 304 g/mol. The zero-order valence-electron chi connectivity index (χ0n) is 11.4. The van der Waals surface area contributed by atoms with Gasteiger partial charge in [-0.15, -0.1) is 11.3 Å². The first kappa shape index (κ1) is 15.2. The van der Waals surface area contributed by atoms with Crippen LogP contribution in [-0.2, 0) is 16.0 Å². The number of thiazole rings is 1. The molecule has 1 aromatic heterocycles. The lowest BCUT2D eigenvalue weighted by atomic mass is 10.1. The van der Waals surface area contributed by atoms with E-state index in [2.05, 4.69) is 10.3 Å². The normalized spacial score (nSPS) is 11.8. The van der Waals surface area contributed by atoms with Crippen LogP contribution in [0.3, 0.4) is 0 Å². The summed E-state index contributed by atoms with van der Waals surface area (Å²) in [5, 5.41) is 14.7. The van der Waals surface area contributed by atoms with Gasteiger partial charge in [-0.1, -0.05) is 30.3 Å². The molecular formula is C15H16N2O3S. The van der Waals surface area contributed by atoms with Crippen molar-refractivity contribution in [2.24, 2.45) is 0 Å². The highest BCUT2D eigenvalue weighted by Gasteiger charge is 2.21. The van der Waals surface area contributed by atoms with E-state index in [9.17, 15) is 14.7 Å². The maximum absolute atomic E-state index is 11.9. The standard InChI is InChI=1S/C15H16N2O3S/c18-12(7-4-8-13-16-9-10-21-13)17-14(15(19)20)11-5-2-1-3-6-11/h1-3,5-6,9-10,14H,4,7-8H2,(H,17,18)(H,19,20)/t14-/m0/s1. The number of aromatic nitrogens is 1. The number of hydrogen-bond donors (Lipinski definition) is 2. The van der Waals surface area contributed by atoms with E-state index in [4.69, 9.17) is 0 Å². The number of carboxylic acid groups (broad SMARTS) is 1. The van der Waals surface area contributed by atoms with Crippen LogP contribution in [0.2, 0.25) is 0 Å². The fraction of sp³-hybridized carbons (Fsp3) is 0.267. The number of hydrogen-bond acceptors (Lipinski definition) is 4. The summed E-state index contributed by atoms with van der Waals surface area (Å²) in [6.45, 7) is 0. The average Bonchev–Trinajstić information content (AvgIpc) is 2.98. The Bertz CT molecular complexity index is 584. The third-order valence-electron chi connectivity index (χ3n) is 2.96. The van der Waals surface area contributed by atoms with Crippen LogP contribution in [0.5, 0.6) is 0 Å². The van der Waals surface area contributed by atoms with Crippen molar-refractivity contribution in [2.75, 3.05) is 0 Å². The van der Waals surface area contributed by atoms with Gasteiger partial charge < -0.3 is 10.4 Å². The fourth-order valence-corrected chi connectivity index (χ4v) is 2.61. The van der Waals surface area contributed by atoms with Crippen molar-refractivity contribution >= 4 is 23.2 Å². The van der Waals surface area contributed by atoms with Gasteiger partial charge in [0.05, 0.1) is 5.01 Å². The van der Waals surface area contributed by atoms with Crippen molar-refractivity contribution in [3.63, 3.8) is 0 Å². The molecule has 2 aromatic rings. The molecule has 0 spiro atoms. The first-order valence-electron chi connectivity index (χ1n) is 6.62. The Morgan fingerprint density at radius 1 is 1.29 bits per heavy atom. The summed E-state index contributed by atoms with van der Waals surface area (Å²) in [6, 6.07) is 7.68.